The van der Waals surface area contributed by atoms with Gasteiger partial charge in [-0.05, 0) is 0 Å². The van der Waals surface area contributed by atoms with Crippen LogP contribution in [0.5, 0.6) is 0 Å². The standard InChI is InChI=1S/C5H4O6/c6-3(7)5(4(8)9)1-2-10-11-5/h1-2H,(H,6,7)(H,8,9). The van der Waals surface area contributed by atoms with E-state index in [-0.39, 0.29) is 0 Å². The summed E-state index contributed by atoms with van der Waals surface area (Å²) in [6.45, 7) is 0. The van der Waals surface area contributed by atoms with Crippen LogP contribution >= 0.6 is 0 Å². The van der Waals surface area contributed by atoms with Gasteiger partial charge in [0.1, 0.15) is 6.26 Å². The van der Waals surface area contributed by atoms with E-state index in [4.69, 9.17) is 10.2 Å². The molecule has 2 N–H and O–H groups in total. The lowest BCUT2D eigenvalue weighted by molar-refractivity contribution is -0.284. The third kappa shape index (κ3) is 0.926. The molecule has 0 aliphatic carbocycles. The predicted octanol–water partition coefficient (Wildman–Crippen LogP) is -0.630. The van der Waals surface area contributed by atoms with E-state index in [1.165, 1.54) is 0 Å². The second kappa shape index (κ2) is 2.24. The zero-order chi connectivity index (χ0) is 8.48. The van der Waals surface area contributed by atoms with Crippen molar-refractivity contribution < 1.29 is 29.6 Å². The Morgan fingerprint density at radius 2 is 1.82 bits per heavy atom. The third-order valence-electron chi connectivity index (χ3n) is 1.17. The Hall–Kier alpha value is -1.56. The molecule has 0 unspecified atom stereocenters. The molecule has 6 nitrogen and oxygen atoms in total. The maximum Gasteiger partial charge on any atom is 0.356 e. The van der Waals surface area contributed by atoms with Gasteiger partial charge < -0.3 is 15.1 Å². The third-order valence-corrected chi connectivity index (χ3v) is 1.17. The molecule has 0 saturated carbocycles. The van der Waals surface area contributed by atoms with Gasteiger partial charge in [0.05, 0.1) is 0 Å². The second-order valence-electron chi connectivity index (χ2n) is 1.83. The number of carbonyl (C=O) groups is 2. The molecule has 1 aliphatic heterocycles. The lowest BCUT2D eigenvalue weighted by Crippen LogP contribution is -2.45. The number of carboxylic acids is 2. The number of aliphatic carboxylic acids is 2. The number of carboxylic acid groups (broad SMARTS) is 2. The summed E-state index contributed by atoms with van der Waals surface area (Å²) in [4.78, 5) is 28.7. The minimum Gasteiger partial charge on any atom is -0.478 e. The maximum absolute atomic E-state index is 10.3. The first kappa shape index (κ1) is 7.55. The van der Waals surface area contributed by atoms with Gasteiger partial charge in [-0.15, -0.1) is 0 Å². The zero-order valence-corrected chi connectivity index (χ0v) is 5.18. The minimum atomic E-state index is -2.38. The van der Waals surface area contributed by atoms with Crippen molar-refractivity contribution in [1.82, 2.24) is 0 Å². The molecule has 0 radical (unpaired) electrons. The highest BCUT2D eigenvalue weighted by Gasteiger charge is 2.51. The van der Waals surface area contributed by atoms with Crippen LogP contribution in [0.25, 0.3) is 0 Å². The first-order valence-corrected chi connectivity index (χ1v) is 2.58. The largest absolute Gasteiger partial charge is 0.478 e. The number of hydrogen-bond acceptors (Lipinski definition) is 4. The van der Waals surface area contributed by atoms with Gasteiger partial charge in [-0.25, -0.2) is 9.59 Å². The van der Waals surface area contributed by atoms with Crippen molar-refractivity contribution in [2.75, 3.05) is 0 Å². The molecule has 1 heterocycles. The zero-order valence-electron chi connectivity index (χ0n) is 5.18. The van der Waals surface area contributed by atoms with Crippen LogP contribution in [0.4, 0.5) is 0 Å². The molecule has 0 aromatic heterocycles. The van der Waals surface area contributed by atoms with Gasteiger partial charge in [-0.3, -0.25) is 0 Å². The summed E-state index contributed by atoms with van der Waals surface area (Å²) in [5.41, 5.74) is -2.38. The van der Waals surface area contributed by atoms with E-state index >= 15 is 0 Å². The monoisotopic (exact) mass is 160 g/mol. The van der Waals surface area contributed by atoms with Crippen molar-refractivity contribution in [2.24, 2.45) is 0 Å². The average Bonchev–Trinajstić information content (AvgIpc) is 2.34. The Morgan fingerprint density at radius 3 is 2.00 bits per heavy atom. The highest BCUT2D eigenvalue weighted by atomic mass is 17.2. The molecule has 0 aromatic rings. The van der Waals surface area contributed by atoms with E-state index in [2.05, 4.69) is 9.78 Å². The van der Waals surface area contributed by atoms with Gasteiger partial charge in [0.2, 0.25) is 0 Å². The van der Waals surface area contributed by atoms with Crippen LogP contribution in [0.1, 0.15) is 0 Å². The van der Waals surface area contributed by atoms with Crippen molar-refractivity contribution in [3.63, 3.8) is 0 Å². The lowest BCUT2D eigenvalue weighted by Gasteiger charge is -2.11. The normalized spacial score (nSPS) is 19.3. The molecule has 1 rings (SSSR count). The van der Waals surface area contributed by atoms with Crippen LogP contribution in [-0.2, 0) is 19.4 Å². The maximum atomic E-state index is 10.3. The summed E-state index contributed by atoms with van der Waals surface area (Å²) in [5.74, 6) is -3.25. The minimum absolute atomic E-state index is 0.803. The number of rotatable bonds is 2. The van der Waals surface area contributed by atoms with Crippen molar-refractivity contribution in [1.29, 1.82) is 0 Å². The van der Waals surface area contributed by atoms with Gasteiger partial charge in [-0.2, -0.15) is 4.89 Å². The van der Waals surface area contributed by atoms with Crippen LogP contribution in [-0.4, -0.2) is 27.8 Å². The lowest BCUT2D eigenvalue weighted by atomic mass is 10.1. The predicted molar refractivity (Wildman–Crippen MR) is 29.3 cm³/mol. The van der Waals surface area contributed by atoms with Gasteiger partial charge in [0, 0.05) is 6.08 Å². The summed E-state index contributed by atoms with van der Waals surface area (Å²) in [7, 11) is 0. The van der Waals surface area contributed by atoms with E-state index in [0.717, 1.165) is 12.3 Å². The number of hydrogen-bond donors (Lipinski definition) is 2. The van der Waals surface area contributed by atoms with Gasteiger partial charge in [0.15, 0.2) is 0 Å². The molecule has 0 bridgehead atoms. The summed E-state index contributed by atoms with van der Waals surface area (Å²) in [6.07, 6.45) is 1.67. The molecule has 0 aromatic carbocycles. The smallest absolute Gasteiger partial charge is 0.356 e. The molecular weight excluding hydrogens is 156 g/mol. The Kier molecular flexibility index (Phi) is 1.54. The van der Waals surface area contributed by atoms with Crippen LogP contribution in [0.15, 0.2) is 12.3 Å². The molecule has 1 aliphatic rings. The Bertz CT molecular complexity index is 215. The topological polar surface area (TPSA) is 93.1 Å². The summed E-state index contributed by atoms with van der Waals surface area (Å²) < 4.78 is 0. The molecule has 11 heavy (non-hydrogen) atoms. The summed E-state index contributed by atoms with van der Waals surface area (Å²) >= 11 is 0. The summed E-state index contributed by atoms with van der Waals surface area (Å²) in [6, 6.07) is 0. The Morgan fingerprint density at radius 1 is 1.27 bits per heavy atom. The van der Waals surface area contributed by atoms with Crippen LogP contribution in [0.3, 0.4) is 0 Å². The molecule has 60 valence electrons. The summed E-state index contributed by atoms with van der Waals surface area (Å²) in [5, 5.41) is 16.8. The highest BCUT2D eigenvalue weighted by Crippen LogP contribution is 2.20. The fraction of sp³-hybridized carbons (Fsp3) is 0.200. The fourth-order valence-corrected chi connectivity index (χ4v) is 0.560. The average molecular weight is 160 g/mol. The van der Waals surface area contributed by atoms with Crippen LogP contribution in [0, 0.1) is 0 Å². The first-order chi connectivity index (χ1) is 5.09. The molecule has 0 fully saturated rings. The van der Waals surface area contributed by atoms with Crippen LogP contribution in [0.2, 0.25) is 0 Å². The van der Waals surface area contributed by atoms with E-state index in [1.54, 1.807) is 0 Å². The van der Waals surface area contributed by atoms with Crippen LogP contribution < -0.4 is 0 Å². The Balaban J connectivity index is 2.98. The molecule has 0 saturated heterocycles. The first-order valence-electron chi connectivity index (χ1n) is 2.58. The van der Waals surface area contributed by atoms with Crippen molar-refractivity contribution >= 4 is 11.9 Å². The molecular formula is C5H4O6. The van der Waals surface area contributed by atoms with Gasteiger partial charge in [0.25, 0.3) is 0 Å². The van der Waals surface area contributed by atoms with Crippen molar-refractivity contribution in [3.05, 3.63) is 12.3 Å². The Labute approximate surface area is 60.6 Å². The SMILES string of the molecule is O=C(O)C1(C(=O)O)C=COO1. The molecule has 6 heteroatoms. The fourth-order valence-electron chi connectivity index (χ4n) is 0.560. The van der Waals surface area contributed by atoms with E-state index < -0.39 is 17.5 Å². The molecule has 0 spiro atoms. The highest BCUT2D eigenvalue weighted by molar-refractivity contribution is 6.04. The van der Waals surface area contributed by atoms with Gasteiger partial charge >= 0.3 is 17.5 Å². The van der Waals surface area contributed by atoms with E-state index in [0.29, 0.717) is 0 Å². The van der Waals surface area contributed by atoms with Gasteiger partial charge in [-0.1, -0.05) is 0 Å². The molecule has 0 atom stereocenters. The van der Waals surface area contributed by atoms with Crippen molar-refractivity contribution in [3.8, 4) is 0 Å². The van der Waals surface area contributed by atoms with Crippen molar-refractivity contribution in [2.45, 2.75) is 5.60 Å². The van der Waals surface area contributed by atoms with E-state index in [1.807, 2.05) is 0 Å². The molecule has 0 amide bonds. The quantitative estimate of drug-likeness (QED) is 0.412. The second-order valence-corrected chi connectivity index (χ2v) is 1.83. The van der Waals surface area contributed by atoms with E-state index in [9.17, 15) is 9.59 Å².